The quantitative estimate of drug-likeness (QED) is 0.605. The second kappa shape index (κ2) is 7.77. The van der Waals surface area contributed by atoms with Crippen LogP contribution in [0.4, 0.5) is 18.0 Å². The molecule has 128 valence electrons. The molecule has 1 unspecified atom stereocenters. The van der Waals surface area contributed by atoms with E-state index in [2.05, 4.69) is 19.8 Å². The molecule has 0 aromatic carbocycles. The van der Waals surface area contributed by atoms with Crippen molar-refractivity contribution in [2.75, 3.05) is 13.7 Å². The summed E-state index contributed by atoms with van der Waals surface area (Å²) in [6, 6.07) is 1.97. The maximum atomic E-state index is 13.2. The Morgan fingerprint density at radius 1 is 1.35 bits per heavy atom. The van der Waals surface area contributed by atoms with Gasteiger partial charge in [-0.1, -0.05) is 6.07 Å². The van der Waals surface area contributed by atoms with Gasteiger partial charge in [-0.3, -0.25) is 10.3 Å². The molecule has 0 aliphatic rings. The van der Waals surface area contributed by atoms with Gasteiger partial charge in [0.05, 0.1) is 6.61 Å². The Morgan fingerprint density at radius 3 is 2.52 bits per heavy atom. The Balaban J connectivity index is 2.84. The Hall–Kier alpha value is -2.36. The summed E-state index contributed by atoms with van der Waals surface area (Å²) in [5, 5.41) is 3.66. The standard InChI is InChI=1S/C13H16F3N3O4/c1-3-23-10(20)12(22-2,13(14,15)16)19-11(21)18-8-9-5-4-6-17-7-9/h4-7H,3,8H2,1-2H3,(H2,18,19,21). The van der Waals surface area contributed by atoms with Crippen LogP contribution in [0, 0.1) is 0 Å². The lowest BCUT2D eigenvalue weighted by atomic mass is 10.2. The molecule has 1 atom stereocenters. The highest BCUT2D eigenvalue weighted by molar-refractivity contribution is 5.87. The minimum absolute atomic E-state index is 0.0832. The number of carbonyl (C=O) groups is 2. The largest absolute Gasteiger partial charge is 0.462 e. The van der Waals surface area contributed by atoms with E-state index in [9.17, 15) is 22.8 Å². The fraction of sp³-hybridized carbons (Fsp3) is 0.462. The number of hydrogen-bond acceptors (Lipinski definition) is 5. The van der Waals surface area contributed by atoms with E-state index >= 15 is 0 Å². The van der Waals surface area contributed by atoms with Gasteiger partial charge in [0.1, 0.15) is 0 Å². The van der Waals surface area contributed by atoms with Crippen LogP contribution in [0.2, 0.25) is 0 Å². The van der Waals surface area contributed by atoms with E-state index in [1.165, 1.54) is 24.6 Å². The second-order valence-electron chi connectivity index (χ2n) is 4.27. The Labute approximate surface area is 130 Å². The first-order chi connectivity index (χ1) is 10.8. The van der Waals surface area contributed by atoms with Crippen molar-refractivity contribution in [2.45, 2.75) is 25.4 Å². The van der Waals surface area contributed by atoms with Gasteiger partial charge in [0.25, 0.3) is 0 Å². The minimum Gasteiger partial charge on any atom is -0.462 e. The third kappa shape index (κ3) is 4.55. The zero-order valence-electron chi connectivity index (χ0n) is 12.4. The van der Waals surface area contributed by atoms with Crippen molar-refractivity contribution in [2.24, 2.45) is 0 Å². The molecule has 0 aliphatic carbocycles. The summed E-state index contributed by atoms with van der Waals surface area (Å²) in [5.74, 6) is -1.76. The minimum atomic E-state index is -5.21. The summed E-state index contributed by atoms with van der Waals surface area (Å²) < 4.78 is 48.2. The normalized spacial score (nSPS) is 13.8. The predicted octanol–water partition coefficient (Wildman–Crippen LogP) is 1.35. The molecule has 0 radical (unpaired) electrons. The monoisotopic (exact) mass is 335 g/mol. The van der Waals surface area contributed by atoms with Crippen molar-refractivity contribution in [3.05, 3.63) is 30.1 Å². The van der Waals surface area contributed by atoms with Crippen molar-refractivity contribution < 1.29 is 32.2 Å². The molecule has 1 aromatic heterocycles. The van der Waals surface area contributed by atoms with Crippen LogP contribution in [0.25, 0.3) is 0 Å². The number of nitrogens with one attached hydrogen (secondary N) is 2. The molecule has 0 bridgehead atoms. The number of urea groups is 1. The number of carbonyl (C=O) groups excluding carboxylic acids is 2. The van der Waals surface area contributed by atoms with E-state index < -0.39 is 23.9 Å². The number of nitrogens with zero attached hydrogens (tertiary/aromatic N) is 1. The lowest BCUT2D eigenvalue weighted by Crippen LogP contribution is -2.67. The first-order valence-electron chi connectivity index (χ1n) is 6.50. The summed E-state index contributed by atoms with van der Waals surface area (Å²) in [6.07, 6.45) is -2.28. The molecule has 0 saturated carbocycles. The number of ether oxygens (including phenoxy) is 2. The van der Waals surface area contributed by atoms with Crippen molar-refractivity contribution in [3.8, 4) is 0 Å². The molecule has 0 fully saturated rings. The highest BCUT2D eigenvalue weighted by Crippen LogP contribution is 2.32. The van der Waals surface area contributed by atoms with E-state index in [0.717, 1.165) is 0 Å². The van der Waals surface area contributed by atoms with Crippen LogP contribution in [0.3, 0.4) is 0 Å². The van der Waals surface area contributed by atoms with Crippen LogP contribution in [0.15, 0.2) is 24.5 Å². The molecule has 0 saturated heterocycles. The lowest BCUT2D eigenvalue weighted by molar-refractivity contribution is -0.277. The molecule has 7 nitrogen and oxygen atoms in total. The summed E-state index contributed by atoms with van der Waals surface area (Å²) >= 11 is 0. The smallest absolute Gasteiger partial charge is 0.448 e. The average Bonchev–Trinajstić information content (AvgIpc) is 2.50. The van der Waals surface area contributed by atoms with Gasteiger partial charge in [-0.2, -0.15) is 13.2 Å². The highest BCUT2D eigenvalue weighted by Gasteiger charge is 2.64. The Bertz CT molecular complexity index is 539. The number of halogens is 3. The molecule has 23 heavy (non-hydrogen) atoms. The van der Waals surface area contributed by atoms with Crippen molar-refractivity contribution in [3.63, 3.8) is 0 Å². The van der Waals surface area contributed by atoms with E-state index in [-0.39, 0.29) is 13.2 Å². The number of amides is 2. The van der Waals surface area contributed by atoms with Gasteiger partial charge in [-0.25, -0.2) is 9.59 Å². The van der Waals surface area contributed by atoms with Crippen LogP contribution >= 0.6 is 0 Å². The molecule has 2 N–H and O–H groups in total. The molecule has 10 heteroatoms. The number of pyridine rings is 1. The van der Waals surface area contributed by atoms with Gasteiger partial charge in [0.15, 0.2) is 0 Å². The van der Waals surface area contributed by atoms with Crippen molar-refractivity contribution in [1.29, 1.82) is 0 Å². The van der Waals surface area contributed by atoms with Gasteiger partial charge in [0.2, 0.25) is 0 Å². The number of aromatic nitrogens is 1. The van der Waals surface area contributed by atoms with Crippen molar-refractivity contribution in [1.82, 2.24) is 15.6 Å². The van der Waals surface area contributed by atoms with Gasteiger partial charge in [-0.05, 0) is 18.6 Å². The SMILES string of the molecule is CCOC(=O)C(NC(=O)NCc1cccnc1)(OC)C(F)(F)F. The molecule has 1 heterocycles. The average molecular weight is 335 g/mol. The number of hydrogen-bond donors (Lipinski definition) is 2. The lowest BCUT2D eigenvalue weighted by Gasteiger charge is -2.32. The summed E-state index contributed by atoms with van der Waals surface area (Å²) in [5.41, 5.74) is -3.02. The second-order valence-corrected chi connectivity index (χ2v) is 4.27. The van der Waals surface area contributed by atoms with Gasteiger partial charge in [-0.15, -0.1) is 0 Å². The van der Waals surface area contributed by atoms with Gasteiger partial charge >= 0.3 is 23.9 Å². The molecular formula is C13H16F3N3O4. The van der Waals surface area contributed by atoms with Crippen LogP contribution in [0.1, 0.15) is 12.5 Å². The molecule has 1 rings (SSSR count). The molecule has 0 spiro atoms. The number of rotatable bonds is 6. The Morgan fingerprint density at radius 2 is 2.04 bits per heavy atom. The van der Waals surface area contributed by atoms with Crippen molar-refractivity contribution >= 4 is 12.0 Å². The van der Waals surface area contributed by atoms with Crippen LogP contribution in [-0.2, 0) is 20.8 Å². The zero-order chi connectivity index (χ0) is 17.5. The third-order valence-corrected chi connectivity index (χ3v) is 2.73. The highest BCUT2D eigenvalue weighted by atomic mass is 19.4. The molecule has 1 aromatic rings. The topological polar surface area (TPSA) is 89.5 Å². The van der Waals surface area contributed by atoms with E-state index in [1.807, 2.05) is 0 Å². The molecular weight excluding hydrogens is 319 g/mol. The van der Waals surface area contributed by atoms with Gasteiger partial charge < -0.3 is 14.8 Å². The fourth-order valence-electron chi connectivity index (χ4n) is 1.61. The van der Waals surface area contributed by atoms with Gasteiger partial charge in [0, 0.05) is 26.0 Å². The van der Waals surface area contributed by atoms with E-state index in [4.69, 9.17) is 0 Å². The van der Waals surface area contributed by atoms with Crippen LogP contribution in [0.5, 0.6) is 0 Å². The molecule has 2 amide bonds. The first kappa shape index (κ1) is 18.7. The van der Waals surface area contributed by atoms with E-state index in [0.29, 0.717) is 12.7 Å². The first-order valence-corrected chi connectivity index (χ1v) is 6.50. The third-order valence-electron chi connectivity index (χ3n) is 2.73. The van der Waals surface area contributed by atoms with E-state index in [1.54, 1.807) is 12.1 Å². The number of methoxy groups -OCH3 is 1. The number of alkyl halides is 3. The fourth-order valence-corrected chi connectivity index (χ4v) is 1.61. The molecule has 0 aliphatic heterocycles. The summed E-state index contributed by atoms with van der Waals surface area (Å²) in [4.78, 5) is 27.1. The maximum Gasteiger partial charge on any atom is 0.448 e. The van der Waals surface area contributed by atoms with Crippen LogP contribution in [-0.4, -0.2) is 42.6 Å². The predicted molar refractivity (Wildman–Crippen MR) is 72.0 cm³/mol. The van der Waals surface area contributed by atoms with Crippen LogP contribution < -0.4 is 10.6 Å². The summed E-state index contributed by atoms with van der Waals surface area (Å²) in [7, 11) is 0.645. The number of esters is 1. The maximum absolute atomic E-state index is 13.2. The summed E-state index contributed by atoms with van der Waals surface area (Å²) in [6.45, 7) is 0.941. The zero-order valence-corrected chi connectivity index (χ0v) is 12.4. The Kier molecular flexibility index (Phi) is 6.31.